The summed E-state index contributed by atoms with van der Waals surface area (Å²) in [5, 5.41) is 5.35. The molecule has 1 heterocycles. The average molecular weight is 249 g/mol. The predicted octanol–water partition coefficient (Wildman–Crippen LogP) is 2.60. The number of hydrogen-bond acceptors (Lipinski definition) is 5. The summed E-state index contributed by atoms with van der Waals surface area (Å²) in [6.07, 6.45) is 0. The van der Waals surface area contributed by atoms with Crippen LogP contribution in [-0.2, 0) is 9.63 Å². The molecule has 0 atom stereocenters. The monoisotopic (exact) mass is 249 g/mol. The van der Waals surface area contributed by atoms with E-state index in [9.17, 15) is 4.79 Å². The fraction of sp³-hybridized carbons (Fsp3) is 0.167. The lowest BCUT2D eigenvalue weighted by Crippen LogP contribution is -2.00. The van der Waals surface area contributed by atoms with Crippen LogP contribution in [0, 0.1) is 0 Å². The third-order valence-corrected chi connectivity index (χ3v) is 3.15. The third-order valence-electron chi connectivity index (χ3n) is 2.25. The molecule has 1 aliphatic heterocycles. The minimum atomic E-state index is -0.400. The van der Waals surface area contributed by atoms with Gasteiger partial charge in [-0.15, -0.1) is 0 Å². The number of methoxy groups -OCH3 is 1. The van der Waals surface area contributed by atoms with Crippen molar-refractivity contribution in [2.24, 2.45) is 5.16 Å². The zero-order valence-electron chi connectivity index (χ0n) is 9.47. The number of thioether (sulfide) groups is 1. The first-order chi connectivity index (χ1) is 8.20. The first kappa shape index (κ1) is 11.7. The molecule has 0 fully saturated rings. The summed E-state index contributed by atoms with van der Waals surface area (Å²) in [7, 11) is 1.62. The van der Waals surface area contributed by atoms with Gasteiger partial charge in [0.05, 0.1) is 18.4 Å². The van der Waals surface area contributed by atoms with Crippen LogP contribution >= 0.6 is 11.8 Å². The highest BCUT2D eigenvalue weighted by atomic mass is 32.2. The van der Waals surface area contributed by atoms with Gasteiger partial charge in [-0.2, -0.15) is 0 Å². The fourth-order valence-corrected chi connectivity index (χ4v) is 2.08. The van der Waals surface area contributed by atoms with E-state index in [1.165, 1.54) is 11.8 Å². The Kier molecular flexibility index (Phi) is 3.49. The first-order valence-corrected chi connectivity index (χ1v) is 5.86. The van der Waals surface area contributed by atoms with Crippen LogP contribution in [0.3, 0.4) is 0 Å². The number of benzene rings is 1. The van der Waals surface area contributed by atoms with Crippen LogP contribution in [0.2, 0.25) is 0 Å². The molecule has 5 heteroatoms. The lowest BCUT2D eigenvalue weighted by molar-refractivity contribution is -0.136. The topological polar surface area (TPSA) is 47.9 Å². The number of nitrogens with zero attached hydrogens (tertiary/aromatic N) is 1. The molecule has 0 bridgehead atoms. The molecule has 17 heavy (non-hydrogen) atoms. The van der Waals surface area contributed by atoms with E-state index < -0.39 is 5.97 Å². The lowest BCUT2D eigenvalue weighted by atomic mass is 10.2. The largest absolute Gasteiger partial charge is 0.497 e. The Morgan fingerprint density at radius 2 is 2.06 bits per heavy atom. The molecule has 1 aliphatic rings. The summed E-state index contributed by atoms with van der Waals surface area (Å²) in [5.41, 5.74) is 1.11. The van der Waals surface area contributed by atoms with Gasteiger partial charge in [0, 0.05) is 4.90 Å². The second-order valence-electron chi connectivity index (χ2n) is 3.38. The summed E-state index contributed by atoms with van der Waals surface area (Å²) in [6.45, 7) is 1.74. The molecule has 1 aromatic rings. The molecule has 0 N–H and O–H groups in total. The van der Waals surface area contributed by atoms with Crippen molar-refractivity contribution in [3.05, 3.63) is 35.2 Å². The highest BCUT2D eigenvalue weighted by Crippen LogP contribution is 2.25. The minimum absolute atomic E-state index is 0.400. The zero-order valence-corrected chi connectivity index (χ0v) is 10.3. The molecule has 0 spiro atoms. The molecule has 4 nitrogen and oxygen atoms in total. The summed E-state index contributed by atoms with van der Waals surface area (Å²) in [5.74, 6) is 0.406. The standard InChI is InChI=1S/C12H11NO3S/c1-8-11(12(14)16-13-8)7-17-10-5-3-9(15-2)4-6-10/h3-7H,1-2H3/b11-7-. The number of oxime groups is 1. The molecule has 0 amide bonds. The summed E-state index contributed by atoms with van der Waals surface area (Å²) in [6, 6.07) is 7.59. The van der Waals surface area contributed by atoms with Crippen molar-refractivity contribution in [2.45, 2.75) is 11.8 Å². The van der Waals surface area contributed by atoms with Crippen LogP contribution in [-0.4, -0.2) is 18.8 Å². The number of hydrogen-bond donors (Lipinski definition) is 0. The van der Waals surface area contributed by atoms with E-state index in [2.05, 4.69) is 9.99 Å². The normalized spacial score (nSPS) is 16.9. The van der Waals surface area contributed by atoms with Crippen molar-refractivity contribution in [1.82, 2.24) is 0 Å². The molecular formula is C12H11NO3S. The SMILES string of the molecule is COc1ccc(S/C=C2\C(=O)ON=C2C)cc1. The van der Waals surface area contributed by atoms with Crippen LogP contribution in [0.25, 0.3) is 0 Å². The van der Waals surface area contributed by atoms with Gasteiger partial charge in [-0.3, -0.25) is 0 Å². The van der Waals surface area contributed by atoms with Gasteiger partial charge < -0.3 is 9.57 Å². The van der Waals surface area contributed by atoms with Crippen molar-refractivity contribution in [3.63, 3.8) is 0 Å². The molecule has 0 saturated heterocycles. The smallest absolute Gasteiger partial charge is 0.368 e. The maximum absolute atomic E-state index is 11.3. The maximum Gasteiger partial charge on any atom is 0.368 e. The van der Waals surface area contributed by atoms with Gasteiger partial charge in [-0.05, 0) is 36.6 Å². The van der Waals surface area contributed by atoms with Gasteiger partial charge in [-0.1, -0.05) is 16.9 Å². The van der Waals surface area contributed by atoms with Crippen molar-refractivity contribution in [1.29, 1.82) is 0 Å². The summed E-state index contributed by atoms with van der Waals surface area (Å²) in [4.78, 5) is 16.8. The second kappa shape index (κ2) is 5.05. The molecule has 0 aliphatic carbocycles. The summed E-state index contributed by atoms with van der Waals surface area (Å²) >= 11 is 1.45. The lowest BCUT2D eigenvalue weighted by Gasteiger charge is -2.00. The molecule has 0 aromatic heterocycles. The van der Waals surface area contributed by atoms with Crippen LogP contribution in [0.5, 0.6) is 5.75 Å². The molecule has 2 rings (SSSR count). The van der Waals surface area contributed by atoms with Gasteiger partial charge in [0.2, 0.25) is 0 Å². The molecule has 1 aromatic carbocycles. The van der Waals surface area contributed by atoms with Crippen LogP contribution in [0.4, 0.5) is 0 Å². The van der Waals surface area contributed by atoms with Crippen molar-refractivity contribution >= 4 is 23.4 Å². The third kappa shape index (κ3) is 2.68. The average Bonchev–Trinajstić information content (AvgIpc) is 2.67. The van der Waals surface area contributed by atoms with Crippen molar-refractivity contribution < 1.29 is 14.4 Å². The fourth-order valence-electron chi connectivity index (χ4n) is 1.27. The Morgan fingerprint density at radius 3 is 2.59 bits per heavy atom. The predicted molar refractivity (Wildman–Crippen MR) is 66.1 cm³/mol. The van der Waals surface area contributed by atoms with Gasteiger partial charge >= 0.3 is 5.97 Å². The van der Waals surface area contributed by atoms with Crippen LogP contribution < -0.4 is 4.74 Å². The molecule has 0 radical (unpaired) electrons. The van der Waals surface area contributed by atoms with Crippen molar-refractivity contribution in [2.75, 3.05) is 7.11 Å². The van der Waals surface area contributed by atoms with E-state index in [4.69, 9.17) is 4.74 Å². The van der Waals surface area contributed by atoms with Crippen LogP contribution in [0.1, 0.15) is 6.92 Å². The van der Waals surface area contributed by atoms with Gasteiger partial charge in [-0.25, -0.2) is 4.79 Å². The van der Waals surface area contributed by atoms with Crippen LogP contribution in [0.15, 0.2) is 45.3 Å². The Hall–Kier alpha value is -1.75. The number of ether oxygens (including phenoxy) is 1. The second-order valence-corrected chi connectivity index (χ2v) is 4.32. The molecule has 0 unspecified atom stereocenters. The van der Waals surface area contributed by atoms with E-state index in [-0.39, 0.29) is 0 Å². The Morgan fingerprint density at radius 1 is 1.35 bits per heavy atom. The Bertz CT molecular complexity index is 491. The van der Waals surface area contributed by atoms with Gasteiger partial charge in [0.25, 0.3) is 0 Å². The van der Waals surface area contributed by atoms with Gasteiger partial charge in [0.1, 0.15) is 5.75 Å². The first-order valence-electron chi connectivity index (χ1n) is 4.98. The highest BCUT2D eigenvalue weighted by Gasteiger charge is 2.21. The van der Waals surface area contributed by atoms with E-state index >= 15 is 0 Å². The Balaban J connectivity index is 2.08. The highest BCUT2D eigenvalue weighted by molar-refractivity contribution is 8.02. The summed E-state index contributed by atoms with van der Waals surface area (Å²) < 4.78 is 5.06. The number of carbonyl (C=O) groups excluding carboxylic acids is 1. The molecule has 0 saturated carbocycles. The molecular weight excluding hydrogens is 238 g/mol. The van der Waals surface area contributed by atoms with E-state index in [0.29, 0.717) is 11.3 Å². The Labute approximate surface area is 103 Å². The number of carbonyl (C=O) groups is 1. The maximum atomic E-state index is 11.3. The zero-order chi connectivity index (χ0) is 12.3. The number of rotatable bonds is 3. The van der Waals surface area contributed by atoms with E-state index in [0.717, 1.165) is 10.6 Å². The van der Waals surface area contributed by atoms with E-state index in [1.54, 1.807) is 19.4 Å². The quantitative estimate of drug-likeness (QED) is 0.469. The van der Waals surface area contributed by atoms with Gasteiger partial charge in [0.15, 0.2) is 0 Å². The van der Waals surface area contributed by atoms with E-state index in [1.807, 2.05) is 24.3 Å². The van der Waals surface area contributed by atoms with Crippen molar-refractivity contribution in [3.8, 4) is 5.75 Å². The minimum Gasteiger partial charge on any atom is -0.497 e. The molecule has 88 valence electrons.